The molecule has 9 heteroatoms. The van der Waals surface area contributed by atoms with Crippen LogP contribution in [-0.4, -0.2) is 37.3 Å². The van der Waals surface area contributed by atoms with Gasteiger partial charge in [-0.15, -0.1) is 10.2 Å². The van der Waals surface area contributed by atoms with Crippen LogP contribution in [0.5, 0.6) is 0 Å². The van der Waals surface area contributed by atoms with Crippen molar-refractivity contribution in [3.05, 3.63) is 84.7 Å². The Labute approximate surface area is 208 Å². The first-order chi connectivity index (χ1) is 17.1. The SMILES string of the molecule is CCn1c(SCC(=O)Nc2ccc(NC(=O)CCc3ccccc3)cc2)nnc1-c1ccncc1. The van der Waals surface area contributed by atoms with E-state index >= 15 is 0 Å². The van der Waals surface area contributed by atoms with Gasteiger partial charge in [0, 0.05) is 42.3 Å². The van der Waals surface area contributed by atoms with Crippen molar-refractivity contribution in [2.24, 2.45) is 0 Å². The predicted molar refractivity (Wildman–Crippen MR) is 138 cm³/mol. The first-order valence-electron chi connectivity index (χ1n) is 11.3. The molecule has 35 heavy (non-hydrogen) atoms. The van der Waals surface area contributed by atoms with E-state index in [1.165, 1.54) is 11.8 Å². The van der Waals surface area contributed by atoms with Crippen molar-refractivity contribution in [1.82, 2.24) is 19.7 Å². The van der Waals surface area contributed by atoms with Crippen LogP contribution in [0.4, 0.5) is 11.4 Å². The Hall–Kier alpha value is -3.98. The van der Waals surface area contributed by atoms with Crippen LogP contribution < -0.4 is 10.6 Å². The fourth-order valence-corrected chi connectivity index (χ4v) is 4.29. The lowest BCUT2D eigenvalue weighted by Crippen LogP contribution is -2.15. The predicted octanol–water partition coefficient (Wildman–Crippen LogP) is 4.66. The van der Waals surface area contributed by atoms with E-state index in [0.717, 1.165) is 17.0 Å². The minimum atomic E-state index is -0.147. The summed E-state index contributed by atoms with van der Waals surface area (Å²) in [5.41, 5.74) is 3.41. The van der Waals surface area contributed by atoms with E-state index in [1.54, 1.807) is 36.7 Å². The normalized spacial score (nSPS) is 10.7. The molecule has 0 bridgehead atoms. The van der Waals surface area contributed by atoms with E-state index in [4.69, 9.17) is 0 Å². The number of amides is 2. The van der Waals surface area contributed by atoms with Crippen LogP contribution in [0.15, 0.2) is 84.3 Å². The van der Waals surface area contributed by atoms with Gasteiger partial charge in [-0.1, -0.05) is 42.1 Å². The molecule has 8 nitrogen and oxygen atoms in total. The monoisotopic (exact) mass is 486 g/mol. The van der Waals surface area contributed by atoms with E-state index in [0.29, 0.717) is 35.9 Å². The first-order valence-corrected chi connectivity index (χ1v) is 12.3. The number of aryl methyl sites for hydroxylation is 1. The Kier molecular flexibility index (Phi) is 8.24. The van der Waals surface area contributed by atoms with Crippen LogP contribution >= 0.6 is 11.8 Å². The van der Waals surface area contributed by atoms with Crippen LogP contribution in [0.1, 0.15) is 18.9 Å². The minimum Gasteiger partial charge on any atom is -0.326 e. The molecule has 0 spiro atoms. The summed E-state index contributed by atoms with van der Waals surface area (Å²) in [6, 6.07) is 20.8. The number of nitrogens with one attached hydrogen (secondary N) is 2. The Bertz CT molecular complexity index is 1260. The molecule has 2 heterocycles. The second-order valence-electron chi connectivity index (χ2n) is 7.73. The van der Waals surface area contributed by atoms with Crippen molar-refractivity contribution in [3.63, 3.8) is 0 Å². The molecule has 4 aromatic rings. The van der Waals surface area contributed by atoms with Crippen LogP contribution in [0.2, 0.25) is 0 Å². The number of anilines is 2. The summed E-state index contributed by atoms with van der Waals surface area (Å²) >= 11 is 1.33. The maximum absolute atomic E-state index is 12.5. The highest BCUT2D eigenvalue weighted by molar-refractivity contribution is 7.99. The third-order valence-electron chi connectivity index (χ3n) is 5.24. The van der Waals surface area contributed by atoms with Gasteiger partial charge >= 0.3 is 0 Å². The third-order valence-corrected chi connectivity index (χ3v) is 6.21. The topological polar surface area (TPSA) is 102 Å². The van der Waals surface area contributed by atoms with E-state index in [9.17, 15) is 9.59 Å². The molecule has 4 rings (SSSR count). The summed E-state index contributed by atoms with van der Waals surface area (Å²) in [5, 5.41) is 15.0. The lowest BCUT2D eigenvalue weighted by Gasteiger charge is -2.09. The van der Waals surface area contributed by atoms with Gasteiger partial charge in [0.05, 0.1) is 5.75 Å². The van der Waals surface area contributed by atoms with E-state index in [2.05, 4.69) is 25.8 Å². The molecule has 0 fully saturated rings. The van der Waals surface area contributed by atoms with Gasteiger partial charge in [0.1, 0.15) is 0 Å². The number of thioether (sulfide) groups is 1. The molecule has 0 aliphatic heterocycles. The minimum absolute atomic E-state index is 0.0480. The van der Waals surface area contributed by atoms with Gasteiger partial charge in [-0.25, -0.2) is 0 Å². The Morgan fingerprint density at radius 2 is 1.51 bits per heavy atom. The number of carbonyl (C=O) groups excluding carboxylic acids is 2. The number of hydrogen-bond donors (Lipinski definition) is 2. The summed E-state index contributed by atoms with van der Waals surface area (Å²) in [6.07, 6.45) is 4.52. The molecule has 0 atom stereocenters. The zero-order valence-electron chi connectivity index (χ0n) is 19.3. The summed E-state index contributed by atoms with van der Waals surface area (Å²) in [4.78, 5) is 28.7. The molecule has 2 aromatic heterocycles. The number of pyridine rings is 1. The standard InChI is InChI=1S/C26H26N6O2S/c1-2-32-25(20-14-16-27-17-15-20)30-31-26(32)35-18-24(34)29-22-11-9-21(10-12-22)28-23(33)13-8-19-6-4-3-5-7-19/h3-7,9-12,14-17H,2,8,13,18H2,1H3,(H,28,33)(H,29,34). The molecular weight excluding hydrogens is 460 g/mol. The number of nitrogens with zero attached hydrogens (tertiary/aromatic N) is 4. The third kappa shape index (κ3) is 6.77. The van der Waals surface area contributed by atoms with E-state index in [1.807, 2.05) is 54.0 Å². The molecule has 0 saturated carbocycles. The van der Waals surface area contributed by atoms with Crippen LogP contribution in [-0.2, 0) is 22.6 Å². The smallest absolute Gasteiger partial charge is 0.234 e. The molecule has 0 unspecified atom stereocenters. The van der Waals surface area contributed by atoms with Gasteiger partial charge in [-0.3, -0.25) is 14.6 Å². The van der Waals surface area contributed by atoms with Crippen molar-refractivity contribution >= 4 is 35.0 Å². The Balaban J connectivity index is 1.26. The molecule has 0 saturated heterocycles. The molecule has 0 radical (unpaired) electrons. The number of rotatable bonds is 10. The summed E-state index contributed by atoms with van der Waals surface area (Å²) in [6.45, 7) is 2.70. The van der Waals surface area contributed by atoms with Crippen molar-refractivity contribution in [1.29, 1.82) is 0 Å². The molecule has 0 aliphatic carbocycles. The zero-order chi connectivity index (χ0) is 24.5. The quantitative estimate of drug-likeness (QED) is 0.316. The Morgan fingerprint density at radius 1 is 0.857 bits per heavy atom. The highest BCUT2D eigenvalue weighted by Gasteiger charge is 2.14. The largest absolute Gasteiger partial charge is 0.326 e. The average Bonchev–Trinajstić information content (AvgIpc) is 3.31. The molecule has 178 valence electrons. The van der Waals surface area contributed by atoms with Crippen LogP contribution in [0.25, 0.3) is 11.4 Å². The summed E-state index contributed by atoms with van der Waals surface area (Å²) in [5.74, 6) is 0.755. The zero-order valence-corrected chi connectivity index (χ0v) is 20.2. The molecule has 0 aliphatic rings. The molecule has 2 aromatic carbocycles. The second-order valence-corrected chi connectivity index (χ2v) is 8.68. The van der Waals surface area contributed by atoms with Gasteiger partial charge in [0.2, 0.25) is 11.8 Å². The highest BCUT2D eigenvalue weighted by Crippen LogP contribution is 2.24. The van der Waals surface area contributed by atoms with Gasteiger partial charge in [-0.2, -0.15) is 0 Å². The molecule has 2 N–H and O–H groups in total. The lowest BCUT2D eigenvalue weighted by molar-refractivity contribution is -0.116. The van der Waals surface area contributed by atoms with Crippen molar-refractivity contribution in [2.45, 2.75) is 31.5 Å². The number of benzene rings is 2. The molecular formula is C26H26N6O2S. The van der Waals surface area contributed by atoms with Crippen molar-refractivity contribution in [3.8, 4) is 11.4 Å². The van der Waals surface area contributed by atoms with Crippen LogP contribution in [0.3, 0.4) is 0 Å². The lowest BCUT2D eigenvalue weighted by atomic mass is 10.1. The highest BCUT2D eigenvalue weighted by atomic mass is 32.2. The molecule has 2 amide bonds. The Morgan fingerprint density at radius 3 is 2.17 bits per heavy atom. The van der Waals surface area contributed by atoms with E-state index in [-0.39, 0.29) is 17.6 Å². The fraction of sp³-hybridized carbons (Fsp3) is 0.192. The summed E-state index contributed by atoms with van der Waals surface area (Å²) in [7, 11) is 0. The fourth-order valence-electron chi connectivity index (χ4n) is 3.49. The van der Waals surface area contributed by atoms with Gasteiger partial charge in [0.15, 0.2) is 11.0 Å². The second kappa shape index (κ2) is 11.9. The van der Waals surface area contributed by atoms with Gasteiger partial charge in [0.25, 0.3) is 0 Å². The van der Waals surface area contributed by atoms with E-state index < -0.39 is 0 Å². The van der Waals surface area contributed by atoms with Crippen molar-refractivity contribution < 1.29 is 9.59 Å². The van der Waals surface area contributed by atoms with Gasteiger partial charge in [-0.05, 0) is 55.3 Å². The first kappa shape index (κ1) is 24.2. The van der Waals surface area contributed by atoms with Crippen molar-refractivity contribution in [2.75, 3.05) is 16.4 Å². The maximum Gasteiger partial charge on any atom is 0.234 e. The number of aromatic nitrogens is 4. The van der Waals surface area contributed by atoms with Gasteiger partial charge < -0.3 is 15.2 Å². The maximum atomic E-state index is 12.5. The average molecular weight is 487 g/mol. The number of carbonyl (C=O) groups is 2. The van der Waals surface area contributed by atoms with Crippen LogP contribution in [0, 0.1) is 0 Å². The number of hydrogen-bond acceptors (Lipinski definition) is 6. The summed E-state index contributed by atoms with van der Waals surface area (Å²) < 4.78 is 1.97.